The van der Waals surface area contributed by atoms with E-state index in [1.807, 2.05) is 25.5 Å². The maximum atomic E-state index is 5.70. The first-order valence-corrected chi connectivity index (χ1v) is 7.82. The van der Waals surface area contributed by atoms with Gasteiger partial charge in [-0.05, 0) is 37.5 Å². The van der Waals surface area contributed by atoms with Crippen LogP contribution in [-0.2, 0) is 17.6 Å². The number of hydrogen-bond acceptors (Lipinski definition) is 5. The molecule has 5 nitrogen and oxygen atoms in total. The Kier molecular flexibility index (Phi) is 4.63. The van der Waals surface area contributed by atoms with Crippen molar-refractivity contribution in [2.45, 2.75) is 32.7 Å². The molecule has 3 rings (SSSR count). The van der Waals surface area contributed by atoms with E-state index in [1.165, 1.54) is 5.56 Å². The molecule has 1 saturated heterocycles. The van der Waals surface area contributed by atoms with Crippen LogP contribution in [0.5, 0.6) is 0 Å². The number of nitrogens with zero attached hydrogens (tertiary/aromatic N) is 3. The van der Waals surface area contributed by atoms with Crippen LogP contribution >= 0.6 is 0 Å². The summed E-state index contributed by atoms with van der Waals surface area (Å²) in [5, 5.41) is 3.58. The number of pyridine rings is 1. The summed E-state index contributed by atoms with van der Waals surface area (Å²) >= 11 is 0. The molecule has 2 aromatic heterocycles. The van der Waals surface area contributed by atoms with Gasteiger partial charge in [-0.25, -0.2) is 9.97 Å². The average Bonchev–Trinajstić information content (AvgIpc) is 2.96. The van der Waals surface area contributed by atoms with Gasteiger partial charge in [0.2, 0.25) is 0 Å². The van der Waals surface area contributed by atoms with Crippen molar-refractivity contribution >= 4 is 5.82 Å². The quantitative estimate of drug-likeness (QED) is 0.918. The average molecular weight is 298 g/mol. The SMILES string of the molecule is CCc1cnc(C)nc1N[C@H]1COC[C@H]1Cc1ccncc1. The van der Waals surface area contributed by atoms with Gasteiger partial charge in [0.1, 0.15) is 11.6 Å². The highest BCUT2D eigenvalue weighted by Crippen LogP contribution is 2.23. The predicted molar refractivity (Wildman–Crippen MR) is 85.8 cm³/mol. The smallest absolute Gasteiger partial charge is 0.133 e. The summed E-state index contributed by atoms with van der Waals surface area (Å²) in [5.41, 5.74) is 2.45. The second kappa shape index (κ2) is 6.83. The molecular weight excluding hydrogens is 276 g/mol. The van der Waals surface area contributed by atoms with Crippen LogP contribution in [0, 0.1) is 12.8 Å². The Hall–Kier alpha value is -2.01. The van der Waals surface area contributed by atoms with Gasteiger partial charge in [0.25, 0.3) is 0 Å². The van der Waals surface area contributed by atoms with Crippen molar-refractivity contribution in [3.05, 3.63) is 47.7 Å². The molecule has 5 heteroatoms. The lowest BCUT2D eigenvalue weighted by atomic mass is 9.95. The van der Waals surface area contributed by atoms with Crippen molar-refractivity contribution in [3.8, 4) is 0 Å². The number of aromatic nitrogens is 3. The molecule has 0 radical (unpaired) electrons. The fraction of sp³-hybridized carbons (Fsp3) is 0.471. The summed E-state index contributed by atoms with van der Waals surface area (Å²) in [6.07, 6.45) is 7.52. The Morgan fingerprint density at radius 3 is 2.86 bits per heavy atom. The minimum absolute atomic E-state index is 0.285. The van der Waals surface area contributed by atoms with Gasteiger partial charge in [0.15, 0.2) is 0 Å². The van der Waals surface area contributed by atoms with Gasteiger partial charge in [-0.1, -0.05) is 6.92 Å². The first-order valence-electron chi connectivity index (χ1n) is 7.82. The first kappa shape index (κ1) is 14.9. The third kappa shape index (κ3) is 3.42. The molecule has 1 aliphatic rings. The maximum Gasteiger partial charge on any atom is 0.133 e. The normalized spacial score (nSPS) is 21.0. The van der Waals surface area contributed by atoms with Crippen LogP contribution in [0.1, 0.15) is 23.9 Å². The summed E-state index contributed by atoms with van der Waals surface area (Å²) in [6, 6.07) is 4.43. The molecule has 0 unspecified atom stereocenters. The third-order valence-electron chi connectivity index (χ3n) is 4.13. The van der Waals surface area contributed by atoms with Crippen LogP contribution < -0.4 is 5.32 Å². The van der Waals surface area contributed by atoms with E-state index in [0.29, 0.717) is 5.92 Å². The Morgan fingerprint density at radius 1 is 1.27 bits per heavy atom. The van der Waals surface area contributed by atoms with Gasteiger partial charge in [-0.2, -0.15) is 0 Å². The van der Waals surface area contributed by atoms with Gasteiger partial charge >= 0.3 is 0 Å². The Balaban J connectivity index is 1.72. The second-order valence-electron chi connectivity index (χ2n) is 5.75. The van der Waals surface area contributed by atoms with E-state index < -0.39 is 0 Å². The van der Waals surface area contributed by atoms with E-state index in [2.05, 4.69) is 39.3 Å². The van der Waals surface area contributed by atoms with E-state index in [9.17, 15) is 0 Å². The van der Waals surface area contributed by atoms with Crippen LogP contribution in [0.25, 0.3) is 0 Å². The number of anilines is 1. The highest BCUT2D eigenvalue weighted by atomic mass is 16.5. The van der Waals surface area contributed by atoms with Gasteiger partial charge in [0.05, 0.1) is 19.3 Å². The van der Waals surface area contributed by atoms with E-state index in [1.54, 1.807) is 0 Å². The fourth-order valence-corrected chi connectivity index (χ4v) is 2.84. The van der Waals surface area contributed by atoms with Crippen LogP contribution in [0.3, 0.4) is 0 Å². The largest absolute Gasteiger partial charge is 0.379 e. The highest BCUT2D eigenvalue weighted by Gasteiger charge is 2.29. The maximum absolute atomic E-state index is 5.70. The minimum atomic E-state index is 0.285. The first-order chi connectivity index (χ1) is 10.8. The molecule has 0 amide bonds. The Labute approximate surface area is 131 Å². The molecule has 1 aliphatic heterocycles. The lowest BCUT2D eigenvalue weighted by molar-refractivity contribution is 0.185. The van der Waals surface area contributed by atoms with Crippen molar-refractivity contribution in [2.24, 2.45) is 5.92 Å². The van der Waals surface area contributed by atoms with Gasteiger partial charge in [-0.15, -0.1) is 0 Å². The number of ether oxygens (including phenoxy) is 1. The molecular formula is C17H22N4O. The van der Waals surface area contributed by atoms with E-state index >= 15 is 0 Å². The lowest BCUT2D eigenvalue weighted by Crippen LogP contribution is -2.30. The standard InChI is InChI=1S/C17H22N4O/c1-3-14-9-19-12(2)20-17(14)21-16-11-22-10-15(16)8-13-4-6-18-7-5-13/h4-7,9,15-16H,3,8,10-11H2,1-2H3,(H,19,20,21)/t15-,16+/m1/s1. The summed E-state index contributed by atoms with van der Waals surface area (Å²) in [6.45, 7) is 5.55. The lowest BCUT2D eigenvalue weighted by Gasteiger charge is -2.21. The monoisotopic (exact) mass is 298 g/mol. The zero-order valence-corrected chi connectivity index (χ0v) is 13.1. The van der Waals surface area contributed by atoms with Crippen LogP contribution in [-0.4, -0.2) is 34.2 Å². The van der Waals surface area contributed by atoms with Crippen molar-refractivity contribution in [2.75, 3.05) is 18.5 Å². The van der Waals surface area contributed by atoms with Crippen molar-refractivity contribution in [1.29, 1.82) is 0 Å². The minimum Gasteiger partial charge on any atom is -0.379 e. The Morgan fingerprint density at radius 2 is 2.09 bits per heavy atom. The topological polar surface area (TPSA) is 59.9 Å². The summed E-state index contributed by atoms with van der Waals surface area (Å²) in [5.74, 6) is 2.19. The summed E-state index contributed by atoms with van der Waals surface area (Å²) in [7, 11) is 0. The molecule has 0 bridgehead atoms. The predicted octanol–water partition coefficient (Wildman–Crippen LogP) is 2.41. The van der Waals surface area contributed by atoms with E-state index in [-0.39, 0.29) is 6.04 Å². The molecule has 1 fully saturated rings. The molecule has 2 atom stereocenters. The van der Waals surface area contributed by atoms with Crippen LogP contribution in [0.4, 0.5) is 5.82 Å². The molecule has 0 aliphatic carbocycles. The van der Waals surface area contributed by atoms with Gasteiger partial charge < -0.3 is 10.1 Å². The van der Waals surface area contributed by atoms with Crippen LogP contribution in [0.15, 0.2) is 30.7 Å². The van der Waals surface area contributed by atoms with Crippen molar-refractivity contribution in [1.82, 2.24) is 15.0 Å². The van der Waals surface area contributed by atoms with Crippen molar-refractivity contribution in [3.63, 3.8) is 0 Å². The van der Waals surface area contributed by atoms with Crippen molar-refractivity contribution < 1.29 is 4.74 Å². The summed E-state index contributed by atoms with van der Waals surface area (Å²) < 4.78 is 5.70. The number of nitrogens with one attached hydrogen (secondary N) is 1. The number of aryl methyl sites for hydroxylation is 2. The third-order valence-corrected chi connectivity index (χ3v) is 4.13. The van der Waals surface area contributed by atoms with E-state index in [0.717, 1.165) is 43.3 Å². The zero-order chi connectivity index (χ0) is 15.4. The molecule has 1 N–H and O–H groups in total. The molecule has 22 heavy (non-hydrogen) atoms. The fourth-order valence-electron chi connectivity index (χ4n) is 2.84. The van der Waals surface area contributed by atoms with E-state index in [4.69, 9.17) is 4.74 Å². The highest BCUT2D eigenvalue weighted by molar-refractivity contribution is 5.44. The zero-order valence-electron chi connectivity index (χ0n) is 13.1. The Bertz CT molecular complexity index is 617. The van der Waals surface area contributed by atoms with Crippen LogP contribution in [0.2, 0.25) is 0 Å². The molecule has 0 spiro atoms. The number of hydrogen-bond donors (Lipinski definition) is 1. The summed E-state index contributed by atoms with van der Waals surface area (Å²) in [4.78, 5) is 12.9. The molecule has 3 heterocycles. The van der Waals surface area contributed by atoms with Gasteiger partial charge in [-0.3, -0.25) is 4.98 Å². The molecule has 2 aromatic rings. The second-order valence-corrected chi connectivity index (χ2v) is 5.75. The van der Waals surface area contributed by atoms with Gasteiger partial charge in [0, 0.05) is 30.1 Å². The number of rotatable bonds is 5. The molecule has 0 aromatic carbocycles. The molecule has 0 saturated carbocycles. The molecule has 116 valence electrons.